The fraction of sp³-hybridized carbons (Fsp3) is 0.200. The number of para-hydroxylation sites is 1. The monoisotopic (exact) mass is 222 g/mol. The number of fused-ring (bicyclic) bond motifs is 1. The van der Waals surface area contributed by atoms with Gasteiger partial charge in [0, 0.05) is 0 Å². The maximum Gasteiger partial charge on any atom is 0.322 e. The zero-order valence-electron chi connectivity index (χ0n) is 8.15. The number of nitrogens with zero attached hydrogens (tertiary/aromatic N) is 1. The van der Waals surface area contributed by atoms with Crippen LogP contribution in [0.15, 0.2) is 18.2 Å². The predicted octanol–water partition coefficient (Wildman–Crippen LogP) is 2.10. The van der Waals surface area contributed by atoms with Gasteiger partial charge in [0.25, 0.3) is 0 Å². The van der Waals surface area contributed by atoms with Crippen LogP contribution in [0.3, 0.4) is 0 Å². The third-order valence-electron chi connectivity index (χ3n) is 2.01. The molecule has 2 aromatic rings. The first kappa shape index (κ1) is 9.92. The molecule has 0 bridgehead atoms. The Morgan fingerprint density at radius 1 is 1.60 bits per heavy atom. The van der Waals surface area contributed by atoms with Gasteiger partial charge >= 0.3 is 5.97 Å². The normalized spacial score (nSPS) is 10.5. The van der Waals surface area contributed by atoms with E-state index in [-0.39, 0.29) is 6.54 Å². The summed E-state index contributed by atoms with van der Waals surface area (Å²) in [5.41, 5.74) is 2.04. The zero-order chi connectivity index (χ0) is 10.8. The van der Waals surface area contributed by atoms with Gasteiger partial charge in [-0.25, -0.2) is 4.98 Å². The smallest absolute Gasteiger partial charge is 0.322 e. The maximum atomic E-state index is 10.4. The van der Waals surface area contributed by atoms with Crippen LogP contribution in [0.25, 0.3) is 10.2 Å². The molecule has 2 rings (SSSR count). The lowest BCUT2D eigenvalue weighted by atomic mass is 10.2. The summed E-state index contributed by atoms with van der Waals surface area (Å²) >= 11 is 1.47. The lowest BCUT2D eigenvalue weighted by Gasteiger charge is -1.94. The highest BCUT2D eigenvalue weighted by Crippen LogP contribution is 2.27. The molecule has 0 aliphatic heterocycles. The third kappa shape index (κ3) is 2.07. The first-order chi connectivity index (χ1) is 7.16. The molecule has 1 aromatic heterocycles. The fourth-order valence-electron chi connectivity index (χ4n) is 1.31. The molecule has 1 heterocycles. The van der Waals surface area contributed by atoms with Crippen molar-refractivity contribution < 1.29 is 9.90 Å². The van der Waals surface area contributed by atoms with Crippen LogP contribution in [0.5, 0.6) is 0 Å². The molecule has 0 saturated carbocycles. The van der Waals surface area contributed by atoms with E-state index in [0.717, 1.165) is 15.8 Å². The van der Waals surface area contributed by atoms with E-state index in [1.807, 2.05) is 25.1 Å². The number of aliphatic carboxylic acids is 1. The summed E-state index contributed by atoms with van der Waals surface area (Å²) in [4.78, 5) is 14.7. The molecule has 0 aliphatic rings. The van der Waals surface area contributed by atoms with Crippen molar-refractivity contribution in [2.24, 2.45) is 0 Å². The van der Waals surface area contributed by atoms with Crippen LogP contribution in [0, 0.1) is 6.92 Å². The zero-order valence-corrected chi connectivity index (χ0v) is 8.97. The minimum Gasteiger partial charge on any atom is -0.480 e. The molecule has 0 atom stereocenters. The number of thiazole rings is 1. The number of rotatable bonds is 3. The second kappa shape index (κ2) is 3.86. The Bertz CT molecular complexity index is 507. The minimum absolute atomic E-state index is 0.0983. The second-order valence-corrected chi connectivity index (χ2v) is 4.22. The first-order valence-electron chi connectivity index (χ1n) is 4.48. The summed E-state index contributed by atoms with van der Waals surface area (Å²) in [5, 5.41) is 11.9. The van der Waals surface area contributed by atoms with Gasteiger partial charge in [0.05, 0.1) is 10.2 Å². The van der Waals surface area contributed by atoms with Crippen molar-refractivity contribution in [3.8, 4) is 0 Å². The SMILES string of the molecule is Cc1cccc2sc(NCC(=O)O)nc12. The lowest BCUT2D eigenvalue weighted by molar-refractivity contribution is -0.134. The van der Waals surface area contributed by atoms with Gasteiger partial charge in [0.1, 0.15) is 6.54 Å². The number of carboxylic acids is 1. The van der Waals surface area contributed by atoms with Crippen molar-refractivity contribution in [1.82, 2.24) is 4.98 Å². The highest BCUT2D eigenvalue weighted by Gasteiger charge is 2.05. The van der Waals surface area contributed by atoms with Gasteiger partial charge in [0.15, 0.2) is 5.13 Å². The van der Waals surface area contributed by atoms with E-state index in [2.05, 4.69) is 10.3 Å². The first-order valence-corrected chi connectivity index (χ1v) is 5.30. The maximum absolute atomic E-state index is 10.4. The topological polar surface area (TPSA) is 62.2 Å². The van der Waals surface area contributed by atoms with E-state index >= 15 is 0 Å². The molecule has 0 spiro atoms. The van der Waals surface area contributed by atoms with Crippen LogP contribution in [-0.4, -0.2) is 22.6 Å². The highest BCUT2D eigenvalue weighted by molar-refractivity contribution is 7.22. The third-order valence-corrected chi connectivity index (χ3v) is 2.99. The Labute approximate surface area is 90.6 Å². The number of nitrogens with one attached hydrogen (secondary N) is 1. The van der Waals surface area contributed by atoms with Gasteiger partial charge < -0.3 is 10.4 Å². The molecule has 0 unspecified atom stereocenters. The molecule has 5 heteroatoms. The molecule has 2 N–H and O–H groups in total. The molecule has 15 heavy (non-hydrogen) atoms. The number of hydrogen-bond acceptors (Lipinski definition) is 4. The van der Waals surface area contributed by atoms with Crippen molar-refractivity contribution >= 4 is 32.7 Å². The van der Waals surface area contributed by atoms with Crippen molar-refractivity contribution in [2.45, 2.75) is 6.92 Å². The Balaban J connectivity index is 2.31. The van der Waals surface area contributed by atoms with Gasteiger partial charge in [-0.15, -0.1) is 0 Å². The molecule has 0 saturated heterocycles. The lowest BCUT2D eigenvalue weighted by Crippen LogP contribution is -2.11. The largest absolute Gasteiger partial charge is 0.480 e. The average molecular weight is 222 g/mol. The van der Waals surface area contributed by atoms with Crippen LogP contribution >= 0.6 is 11.3 Å². The van der Waals surface area contributed by atoms with Gasteiger partial charge in [-0.1, -0.05) is 23.5 Å². The minimum atomic E-state index is -0.883. The highest BCUT2D eigenvalue weighted by atomic mass is 32.1. The molecule has 0 aliphatic carbocycles. The standard InChI is InChI=1S/C10H10N2O2S/c1-6-3-2-4-7-9(6)12-10(15-7)11-5-8(13)14/h2-4H,5H2,1H3,(H,11,12)(H,13,14). The molecular formula is C10H10N2O2S. The Morgan fingerprint density at radius 2 is 2.40 bits per heavy atom. The van der Waals surface area contributed by atoms with Crippen LogP contribution < -0.4 is 5.32 Å². The molecule has 1 aromatic carbocycles. The van der Waals surface area contributed by atoms with Crippen molar-refractivity contribution in [3.05, 3.63) is 23.8 Å². The van der Waals surface area contributed by atoms with Crippen LogP contribution in [0.4, 0.5) is 5.13 Å². The van der Waals surface area contributed by atoms with Gasteiger partial charge in [-0.3, -0.25) is 4.79 Å². The summed E-state index contributed by atoms with van der Waals surface area (Å²) in [7, 11) is 0. The molecular weight excluding hydrogens is 212 g/mol. The average Bonchev–Trinajstić information content (AvgIpc) is 2.59. The van der Waals surface area contributed by atoms with Crippen molar-refractivity contribution in [3.63, 3.8) is 0 Å². The summed E-state index contributed by atoms with van der Waals surface area (Å²) in [6.45, 7) is 1.89. The van der Waals surface area contributed by atoms with E-state index in [4.69, 9.17) is 5.11 Å². The Hall–Kier alpha value is -1.62. The van der Waals surface area contributed by atoms with Gasteiger partial charge in [-0.2, -0.15) is 0 Å². The second-order valence-electron chi connectivity index (χ2n) is 3.19. The fourth-order valence-corrected chi connectivity index (χ4v) is 2.25. The predicted molar refractivity (Wildman–Crippen MR) is 60.5 cm³/mol. The van der Waals surface area contributed by atoms with Crippen LogP contribution in [-0.2, 0) is 4.79 Å². The van der Waals surface area contributed by atoms with Gasteiger partial charge in [0.2, 0.25) is 0 Å². The summed E-state index contributed by atoms with van der Waals surface area (Å²) < 4.78 is 1.07. The number of carbonyl (C=O) groups is 1. The van der Waals surface area contributed by atoms with E-state index in [1.165, 1.54) is 11.3 Å². The van der Waals surface area contributed by atoms with E-state index in [9.17, 15) is 4.79 Å². The van der Waals surface area contributed by atoms with Crippen molar-refractivity contribution in [2.75, 3.05) is 11.9 Å². The molecule has 78 valence electrons. The van der Waals surface area contributed by atoms with Crippen LogP contribution in [0.2, 0.25) is 0 Å². The number of carboxylic acid groups (broad SMARTS) is 1. The number of aromatic nitrogens is 1. The summed E-state index contributed by atoms with van der Waals surface area (Å²) in [5.74, 6) is -0.883. The van der Waals surface area contributed by atoms with E-state index in [1.54, 1.807) is 0 Å². The summed E-state index contributed by atoms with van der Waals surface area (Å²) in [6.07, 6.45) is 0. The molecule has 0 fully saturated rings. The number of aryl methyl sites for hydroxylation is 1. The Morgan fingerprint density at radius 3 is 3.07 bits per heavy atom. The van der Waals surface area contributed by atoms with E-state index in [0.29, 0.717) is 5.13 Å². The van der Waals surface area contributed by atoms with Gasteiger partial charge in [-0.05, 0) is 18.6 Å². The van der Waals surface area contributed by atoms with Crippen molar-refractivity contribution in [1.29, 1.82) is 0 Å². The molecule has 4 nitrogen and oxygen atoms in total. The van der Waals surface area contributed by atoms with E-state index < -0.39 is 5.97 Å². The number of benzene rings is 1. The number of anilines is 1. The molecule has 0 amide bonds. The van der Waals surface area contributed by atoms with Crippen LogP contribution in [0.1, 0.15) is 5.56 Å². The molecule has 0 radical (unpaired) electrons. The quantitative estimate of drug-likeness (QED) is 0.834. The number of hydrogen-bond donors (Lipinski definition) is 2. The summed E-state index contributed by atoms with van der Waals surface area (Å²) in [6, 6.07) is 5.94. The Kier molecular flexibility index (Phi) is 2.55.